The van der Waals surface area contributed by atoms with Gasteiger partial charge >= 0.3 is 0 Å². The predicted octanol–water partition coefficient (Wildman–Crippen LogP) is 1.67. The summed E-state index contributed by atoms with van der Waals surface area (Å²) >= 11 is 0. The second-order valence-electron chi connectivity index (χ2n) is 1.87. The van der Waals surface area contributed by atoms with E-state index in [1.165, 1.54) is 0 Å². The maximum absolute atomic E-state index is 5.15. The van der Waals surface area contributed by atoms with E-state index in [0.29, 0.717) is 0 Å². The van der Waals surface area contributed by atoms with E-state index in [9.17, 15) is 0 Å². The molecular weight excluding hydrogens is 321 g/mol. The van der Waals surface area contributed by atoms with Gasteiger partial charge in [0.05, 0.1) is 7.11 Å². The second-order valence-corrected chi connectivity index (χ2v) is 1.87. The van der Waals surface area contributed by atoms with Crippen LogP contribution in [0.25, 0.3) is 0 Å². The van der Waals surface area contributed by atoms with E-state index in [2.05, 4.69) is 5.92 Å². The van der Waals surface area contributed by atoms with Crippen LogP contribution in [0, 0.1) is 12.3 Å². The van der Waals surface area contributed by atoms with Crippen LogP contribution in [-0.4, -0.2) is 7.11 Å². The first kappa shape index (κ1) is 10.3. The summed E-state index contributed by atoms with van der Waals surface area (Å²) in [6.07, 6.45) is 5.15. The Morgan fingerprint density at radius 3 is 2.18 bits per heavy atom. The van der Waals surface area contributed by atoms with Gasteiger partial charge in [0.2, 0.25) is 0 Å². The van der Waals surface area contributed by atoms with Crippen LogP contribution in [0.4, 0.5) is 0 Å². The van der Waals surface area contributed by atoms with E-state index < -0.39 is 0 Å². The standard InChI is InChI=1S/C9H8O.Au/c1-3-8-4-6-9(10-2)7-5-8;/h1,4-7H,2H3;. The van der Waals surface area contributed by atoms with Crippen molar-refractivity contribution in [1.29, 1.82) is 0 Å². The molecule has 0 heterocycles. The first-order valence-corrected chi connectivity index (χ1v) is 2.97. The molecule has 0 atom stereocenters. The van der Waals surface area contributed by atoms with Crippen molar-refractivity contribution in [2.75, 3.05) is 7.11 Å². The van der Waals surface area contributed by atoms with E-state index in [1.807, 2.05) is 24.3 Å². The minimum Gasteiger partial charge on any atom is -0.497 e. The molecule has 11 heavy (non-hydrogen) atoms. The van der Waals surface area contributed by atoms with E-state index in [0.717, 1.165) is 11.3 Å². The summed E-state index contributed by atoms with van der Waals surface area (Å²) < 4.78 is 4.95. The third-order valence-corrected chi connectivity index (χ3v) is 1.26. The molecule has 0 fully saturated rings. The van der Waals surface area contributed by atoms with Gasteiger partial charge in [0.1, 0.15) is 5.75 Å². The average Bonchev–Trinajstić information content (AvgIpc) is 2.05. The summed E-state index contributed by atoms with van der Waals surface area (Å²) in [6.45, 7) is 0. The molecule has 0 N–H and O–H groups in total. The second kappa shape index (κ2) is 5.03. The summed E-state index contributed by atoms with van der Waals surface area (Å²) in [5, 5.41) is 0. The molecule has 0 saturated heterocycles. The molecule has 0 aromatic heterocycles. The molecule has 0 bridgehead atoms. The quantitative estimate of drug-likeness (QED) is 0.563. The Balaban J connectivity index is 0.000001000. The zero-order valence-electron chi connectivity index (χ0n) is 6.10. The monoisotopic (exact) mass is 329 g/mol. The van der Waals surface area contributed by atoms with Crippen LogP contribution >= 0.6 is 0 Å². The first-order valence-electron chi connectivity index (χ1n) is 2.97. The third kappa shape index (κ3) is 2.81. The van der Waals surface area contributed by atoms with E-state index in [1.54, 1.807) is 7.11 Å². The van der Waals surface area contributed by atoms with Crippen LogP contribution in [0.3, 0.4) is 0 Å². The van der Waals surface area contributed by atoms with Crippen LogP contribution in [0.15, 0.2) is 24.3 Å². The fourth-order valence-corrected chi connectivity index (χ4v) is 0.687. The van der Waals surface area contributed by atoms with Crippen LogP contribution in [0.2, 0.25) is 0 Å². The van der Waals surface area contributed by atoms with Gasteiger partial charge in [-0.3, -0.25) is 0 Å². The molecule has 0 aliphatic carbocycles. The van der Waals surface area contributed by atoms with Crippen LogP contribution in [-0.2, 0) is 22.4 Å². The van der Waals surface area contributed by atoms with Crippen molar-refractivity contribution in [2.24, 2.45) is 0 Å². The molecule has 1 rings (SSSR count). The molecule has 0 saturated carbocycles. The van der Waals surface area contributed by atoms with Crippen molar-refractivity contribution < 1.29 is 27.1 Å². The Hall–Kier alpha value is -0.680. The number of hydrogen-bond acceptors (Lipinski definition) is 1. The number of ether oxygens (including phenoxy) is 1. The molecule has 1 radical (unpaired) electrons. The Morgan fingerprint density at radius 2 is 1.82 bits per heavy atom. The van der Waals surface area contributed by atoms with Gasteiger partial charge in [0, 0.05) is 27.9 Å². The number of methoxy groups -OCH3 is 1. The van der Waals surface area contributed by atoms with Gasteiger partial charge < -0.3 is 4.74 Å². The molecule has 61 valence electrons. The van der Waals surface area contributed by atoms with Crippen molar-refractivity contribution in [3.8, 4) is 18.1 Å². The molecule has 0 amide bonds. The predicted molar refractivity (Wildman–Crippen MR) is 40.9 cm³/mol. The minimum atomic E-state index is 0. The maximum Gasteiger partial charge on any atom is 0.118 e. The average molecular weight is 329 g/mol. The van der Waals surface area contributed by atoms with E-state index in [4.69, 9.17) is 11.2 Å². The molecule has 0 unspecified atom stereocenters. The van der Waals surface area contributed by atoms with Gasteiger partial charge in [-0.1, -0.05) is 5.92 Å². The number of terminal acetylenes is 1. The van der Waals surface area contributed by atoms with Crippen LogP contribution in [0.5, 0.6) is 5.75 Å². The summed E-state index contributed by atoms with van der Waals surface area (Å²) in [5.41, 5.74) is 0.876. The molecule has 1 aromatic carbocycles. The van der Waals surface area contributed by atoms with Crippen molar-refractivity contribution in [3.05, 3.63) is 29.8 Å². The smallest absolute Gasteiger partial charge is 0.118 e. The fourth-order valence-electron chi connectivity index (χ4n) is 0.687. The molecule has 0 spiro atoms. The number of benzene rings is 1. The first-order chi connectivity index (χ1) is 4.86. The summed E-state index contributed by atoms with van der Waals surface area (Å²) in [7, 11) is 1.63. The summed E-state index contributed by atoms with van der Waals surface area (Å²) in [5.74, 6) is 3.36. The van der Waals surface area contributed by atoms with Gasteiger partial charge in [-0.2, -0.15) is 0 Å². The van der Waals surface area contributed by atoms with Crippen LogP contribution < -0.4 is 4.74 Å². The van der Waals surface area contributed by atoms with Crippen molar-refractivity contribution in [1.82, 2.24) is 0 Å². The molecule has 1 aromatic rings. The summed E-state index contributed by atoms with van der Waals surface area (Å²) in [4.78, 5) is 0. The maximum atomic E-state index is 5.15. The Labute approximate surface area is 82.3 Å². The normalized spacial score (nSPS) is 7.64. The van der Waals surface area contributed by atoms with Gasteiger partial charge in [-0.05, 0) is 24.3 Å². The Kier molecular flexibility index (Phi) is 4.72. The van der Waals surface area contributed by atoms with Gasteiger partial charge in [-0.25, -0.2) is 0 Å². The topological polar surface area (TPSA) is 9.23 Å². The van der Waals surface area contributed by atoms with E-state index >= 15 is 0 Å². The molecule has 1 nitrogen and oxygen atoms in total. The molecule has 0 aliphatic rings. The molecule has 0 aliphatic heterocycles. The fraction of sp³-hybridized carbons (Fsp3) is 0.111. The molecular formula is C9H8AuO. The Bertz CT molecular complexity index is 245. The van der Waals surface area contributed by atoms with E-state index in [-0.39, 0.29) is 22.4 Å². The minimum absolute atomic E-state index is 0. The van der Waals surface area contributed by atoms with Gasteiger partial charge in [-0.15, -0.1) is 6.42 Å². The largest absolute Gasteiger partial charge is 0.497 e. The Morgan fingerprint density at radius 1 is 1.27 bits per heavy atom. The zero-order valence-corrected chi connectivity index (χ0v) is 8.26. The van der Waals surface area contributed by atoms with Crippen LogP contribution in [0.1, 0.15) is 5.56 Å². The third-order valence-electron chi connectivity index (χ3n) is 1.26. The molecule has 2 heteroatoms. The van der Waals surface area contributed by atoms with Crippen molar-refractivity contribution >= 4 is 0 Å². The SMILES string of the molecule is C#Cc1ccc(OC)cc1.[Au]. The van der Waals surface area contributed by atoms with Gasteiger partial charge in [0.25, 0.3) is 0 Å². The van der Waals surface area contributed by atoms with Gasteiger partial charge in [0.15, 0.2) is 0 Å². The zero-order chi connectivity index (χ0) is 7.40. The number of rotatable bonds is 1. The number of hydrogen-bond donors (Lipinski definition) is 0. The van der Waals surface area contributed by atoms with Crippen molar-refractivity contribution in [2.45, 2.75) is 0 Å². The summed E-state index contributed by atoms with van der Waals surface area (Å²) in [6, 6.07) is 7.38. The van der Waals surface area contributed by atoms with Crippen molar-refractivity contribution in [3.63, 3.8) is 0 Å².